The summed E-state index contributed by atoms with van der Waals surface area (Å²) in [6.07, 6.45) is 4.64. The number of fused-ring (bicyclic) bond motifs is 1. The molecule has 0 saturated heterocycles. The number of nitrogens with one attached hydrogen (secondary N) is 2. The Balaban J connectivity index is 1.87. The molecule has 0 spiro atoms. The first kappa shape index (κ1) is 16.4. The number of aromatic nitrogens is 3. The molecule has 0 aliphatic heterocycles. The fraction of sp³-hybridized carbons (Fsp3) is 0.350. The van der Waals surface area contributed by atoms with Crippen molar-refractivity contribution < 1.29 is 0 Å². The van der Waals surface area contributed by atoms with E-state index in [0.29, 0.717) is 17.1 Å². The maximum absolute atomic E-state index is 12.5. The van der Waals surface area contributed by atoms with Crippen molar-refractivity contribution in [2.45, 2.75) is 32.2 Å². The van der Waals surface area contributed by atoms with Crippen LogP contribution in [0.25, 0.3) is 10.9 Å². The molecule has 6 heteroatoms. The van der Waals surface area contributed by atoms with Crippen LogP contribution in [-0.4, -0.2) is 14.8 Å². The van der Waals surface area contributed by atoms with E-state index in [0.717, 1.165) is 30.5 Å². The van der Waals surface area contributed by atoms with E-state index in [4.69, 9.17) is 5.10 Å². The van der Waals surface area contributed by atoms with Gasteiger partial charge in [-0.25, -0.2) is 0 Å². The van der Waals surface area contributed by atoms with Crippen LogP contribution in [0.1, 0.15) is 32.2 Å². The van der Waals surface area contributed by atoms with Gasteiger partial charge in [0.2, 0.25) is 0 Å². The van der Waals surface area contributed by atoms with Crippen LogP contribution < -0.4 is 10.9 Å². The molecule has 1 aromatic carbocycles. The van der Waals surface area contributed by atoms with Crippen LogP contribution in [-0.2, 0) is 0 Å². The number of hydrogen-bond donors (Lipinski definition) is 2. The first-order valence-electron chi connectivity index (χ1n) is 9.00. The number of aromatic amines is 1. The van der Waals surface area contributed by atoms with Gasteiger partial charge in [0.25, 0.3) is 5.56 Å². The molecule has 3 unspecified atom stereocenters. The molecular weight excluding hydrogens is 326 g/mol. The van der Waals surface area contributed by atoms with Gasteiger partial charge in [0.1, 0.15) is 5.39 Å². The highest BCUT2D eigenvalue weighted by atomic mass is 16.1. The third-order valence-corrected chi connectivity index (χ3v) is 5.28. The SMILES string of the molecule is CC1CCCC(C#N)C1n1nc(Nc2ccccc2)c2c(=O)[nH]ccc21. The Bertz CT molecular complexity index is 1010. The van der Waals surface area contributed by atoms with Gasteiger partial charge >= 0.3 is 0 Å². The maximum Gasteiger partial charge on any atom is 0.261 e. The van der Waals surface area contributed by atoms with Crippen LogP contribution in [0.3, 0.4) is 0 Å². The highest BCUT2D eigenvalue weighted by Crippen LogP contribution is 2.40. The molecule has 2 heterocycles. The molecule has 132 valence electrons. The monoisotopic (exact) mass is 347 g/mol. The van der Waals surface area contributed by atoms with Crippen molar-refractivity contribution >= 4 is 22.4 Å². The summed E-state index contributed by atoms with van der Waals surface area (Å²) in [6, 6.07) is 14.0. The highest BCUT2D eigenvalue weighted by molar-refractivity contribution is 5.91. The molecule has 1 aliphatic carbocycles. The largest absolute Gasteiger partial charge is 0.338 e. The van der Waals surface area contributed by atoms with Crippen LogP contribution in [0.5, 0.6) is 0 Å². The lowest BCUT2D eigenvalue weighted by molar-refractivity contribution is 0.199. The summed E-state index contributed by atoms with van der Waals surface area (Å²) in [5.74, 6) is 0.772. The average molecular weight is 347 g/mol. The quantitative estimate of drug-likeness (QED) is 0.750. The number of pyridine rings is 1. The van der Waals surface area contributed by atoms with E-state index in [2.05, 4.69) is 23.3 Å². The minimum atomic E-state index is -0.177. The lowest BCUT2D eigenvalue weighted by Crippen LogP contribution is -2.29. The Kier molecular flexibility index (Phi) is 4.21. The number of benzene rings is 1. The maximum atomic E-state index is 12.5. The lowest BCUT2D eigenvalue weighted by Gasteiger charge is -2.33. The second-order valence-corrected chi connectivity index (χ2v) is 6.99. The summed E-state index contributed by atoms with van der Waals surface area (Å²) in [6.45, 7) is 2.17. The second kappa shape index (κ2) is 6.68. The van der Waals surface area contributed by atoms with Crippen molar-refractivity contribution in [1.82, 2.24) is 14.8 Å². The van der Waals surface area contributed by atoms with Gasteiger partial charge in [0.15, 0.2) is 5.82 Å². The topological polar surface area (TPSA) is 86.5 Å². The predicted octanol–water partition coefficient (Wildman–Crippen LogP) is 3.97. The van der Waals surface area contributed by atoms with Crippen molar-refractivity contribution in [2.75, 3.05) is 5.32 Å². The summed E-state index contributed by atoms with van der Waals surface area (Å²) >= 11 is 0. The van der Waals surface area contributed by atoms with E-state index in [-0.39, 0.29) is 17.5 Å². The Morgan fingerprint density at radius 3 is 2.85 bits per heavy atom. The van der Waals surface area contributed by atoms with Crippen molar-refractivity contribution in [3.63, 3.8) is 0 Å². The van der Waals surface area contributed by atoms with E-state index in [1.54, 1.807) is 6.20 Å². The molecule has 26 heavy (non-hydrogen) atoms. The third-order valence-electron chi connectivity index (χ3n) is 5.28. The molecular formula is C20H21N5O. The molecule has 2 N–H and O–H groups in total. The standard InChI is InChI=1S/C20H21N5O/c1-13-6-5-7-14(12-21)18(13)25-16-10-11-22-20(26)17(16)19(24-25)23-15-8-3-2-4-9-15/h2-4,8-11,13-14,18H,5-7H2,1H3,(H,22,26)(H,23,24). The Morgan fingerprint density at radius 2 is 2.08 bits per heavy atom. The van der Waals surface area contributed by atoms with E-state index >= 15 is 0 Å². The van der Waals surface area contributed by atoms with Crippen LogP contribution in [0, 0.1) is 23.2 Å². The van der Waals surface area contributed by atoms with Gasteiger partial charge in [-0.3, -0.25) is 9.48 Å². The summed E-state index contributed by atoms with van der Waals surface area (Å²) < 4.78 is 1.90. The normalized spacial score (nSPS) is 22.8. The molecule has 0 radical (unpaired) electrons. The fourth-order valence-corrected chi connectivity index (χ4v) is 4.02. The number of para-hydroxylation sites is 1. The van der Waals surface area contributed by atoms with Crippen LogP contribution in [0.2, 0.25) is 0 Å². The van der Waals surface area contributed by atoms with Gasteiger partial charge < -0.3 is 10.3 Å². The van der Waals surface area contributed by atoms with E-state index in [1.807, 2.05) is 41.1 Å². The molecule has 1 fully saturated rings. The number of H-pyrrole nitrogens is 1. The zero-order valence-electron chi connectivity index (χ0n) is 14.6. The van der Waals surface area contributed by atoms with Gasteiger partial charge in [-0.05, 0) is 37.0 Å². The molecule has 6 nitrogen and oxygen atoms in total. The van der Waals surface area contributed by atoms with Crippen molar-refractivity contribution in [1.29, 1.82) is 5.26 Å². The number of nitrogens with zero attached hydrogens (tertiary/aromatic N) is 3. The first-order valence-corrected chi connectivity index (χ1v) is 9.00. The molecule has 3 atom stereocenters. The number of rotatable bonds is 3. The molecule has 1 aliphatic rings. The molecule has 0 amide bonds. The predicted molar refractivity (Wildman–Crippen MR) is 101 cm³/mol. The second-order valence-electron chi connectivity index (χ2n) is 6.99. The molecule has 2 aromatic heterocycles. The molecule has 4 rings (SSSR count). The van der Waals surface area contributed by atoms with Crippen molar-refractivity contribution in [3.05, 3.63) is 52.9 Å². The Morgan fingerprint density at radius 1 is 1.27 bits per heavy atom. The van der Waals surface area contributed by atoms with E-state index < -0.39 is 0 Å². The fourth-order valence-electron chi connectivity index (χ4n) is 4.02. The smallest absolute Gasteiger partial charge is 0.261 e. The first-order chi connectivity index (χ1) is 12.7. The van der Waals surface area contributed by atoms with Gasteiger partial charge in [0, 0.05) is 11.9 Å². The molecule has 1 saturated carbocycles. The van der Waals surface area contributed by atoms with Crippen LogP contribution in [0.15, 0.2) is 47.4 Å². The Labute approximate surface area is 151 Å². The Hall–Kier alpha value is -3.07. The van der Waals surface area contributed by atoms with Gasteiger partial charge in [0.05, 0.1) is 23.5 Å². The minimum absolute atomic E-state index is 0.0237. The van der Waals surface area contributed by atoms with Crippen molar-refractivity contribution in [2.24, 2.45) is 11.8 Å². The number of anilines is 2. The third kappa shape index (κ3) is 2.76. The van der Waals surface area contributed by atoms with Gasteiger partial charge in [-0.1, -0.05) is 31.5 Å². The number of nitriles is 1. The summed E-state index contributed by atoms with van der Waals surface area (Å²) in [7, 11) is 0. The number of hydrogen-bond acceptors (Lipinski definition) is 4. The average Bonchev–Trinajstić information content (AvgIpc) is 3.01. The zero-order valence-corrected chi connectivity index (χ0v) is 14.6. The lowest BCUT2D eigenvalue weighted by atomic mass is 9.78. The minimum Gasteiger partial charge on any atom is -0.338 e. The van der Waals surface area contributed by atoms with Crippen molar-refractivity contribution in [3.8, 4) is 6.07 Å². The van der Waals surface area contributed by atoms with E-state index in [9.17, 15) is 10.1 Å². The zero-order chi connectivity index (χ0) is 18.1. The van der Waals surface area contributed by atoms with Gasteiger partial charge in [-0.2, -0.15) is 10.4 Å². The van der Waals surface area contributed by atoms with E-state index in [1.165, 1.54) is 0 Å². The van der Waals surface area contributed by atoms with Crippen LogP contribution in [0.4, 0.5) is 11.5 Å². The highest BCUT2D eigenvalue weighted by Gasteiger charge is 2.34. The van der Waals surface area contributed by atoms with Crippen LogP contribution >= 0.6 is 0 Å². The summed E-state index contributed by atoms with van der Waals surface area (Å²) in [4.78, 5) is 15.2. The summed E-state index contributed by atoms with van der Waals surface area (Å²) in [5.41, 5.74) is 1.46. The van der Waals surface area contributed by atoms with Gasteiger partial charge in [-0.15, -0.1) is 0 Å². The molecule has 0 bridgehead atoms. The summed E-state index contributed by atoms with van der Waals surface area (Å²) in [5, 5.41) is 18.2. The molecule has 3 aromatic rings.